The molecule has 0 radical (unpaired) electrons. The third-order valence-electron chi connectivity index (χ3n) is 6.78. The van der Waals surface area contributed by atoms with Crippen LogP contribution in [0.5, 0.6) is 17.2 Å². The number of amidine groups is 1. The maximum Gasteiger partial charge on any atom is 0.274 e. The van der Waals surface area contributed by atoms with E-state index in [0.29, 0.717) is 71.0 Å². The smallest absolute Gasteiger partial charge is 0.274 e. The molecular weight excluding hydrogens is 509 g/mol. The van der Waals surface area contributed by atoms with Crippen LogP contribution >= 0.6 is 11.8 Å². The minimum Gasteiger partial charge on any atom is -0.495 e. The average molecular weight is 534 g/mol. The Morgan fingerprint density at radius 1 is 1.24 bits per heavy atom. The van der Waals surface area contributed by atoms with Crippen LogP contribution in [0.3, 0.4) is 0 Å². The predicted octanol–water partition coefficient (Wildman–Crippen LogP) is 4.48. The van der Waals surface area contributed by atoms with Crippen molar-refractivity contribution in [1.29, 1.82) is 0 Å². The van der Waals surface area contributed by atoms with E-state index in [-0.39, 0.29) is 17.4 Å². The number of methoxy groups -OCH3 is 1. The summed E-state index contributed by atoms with van der Waals surface area (Å²) >= 11 is 1.45. The van der Waals surface area contributed by atoms with Crippen molar-refractivity contribution in [3.8, 4) is 17.2 Å². The number of carbonyl (C=O) groups excluding carboxylic acids is 1. The van der Waals surface area contributed by atoms with E-state index in [2.05, 4.69) is 15.3 Å². The maximum atomic E-state index is 15.5. The van der Waals surface area contributed by atoms with E-state index in [4.69, 9.17) is 24.9 Å². The third kappa shape index (κ3) is 4.27. The largest absolute Gasteiger partial charge is 0.495 e. The molecule has 0 fully saturated rings. The molecule has 0 aliphatic carbocycles. The zero-order valence-corrected chi connectivity index (χ0v) is 21.3. The number of hydrogen-bond acceptors (Lipinski definition) is 9. The molecule has 194 valence electrons. The molecule has 2 aromatic heterocycles. The number of amides is 1. The molecule has 6 rings (SSSR count). The highest BCUT2D eigenvalue weighted by Crippen LogP contribution is 2.54. The molecule has 3 aliphatic heterocycles. The standard InChI is InChI=1S/C27H24FN5O4S/c1-35-17-3-4-20(30-14-17)25(34)31-16-2-5-22-18(12-16)27(8-11-38-26(29)33-27)19-13-21(15-6-9-36-10-7-15)32-24(28)23(19)37-22/h2-6,12-14H,7-11H2,1H3,(H2,29,33)(H,31,34)/t27-/m0/s1. The topological polar surface area (TPSA) is 121 Å². The van der Waals surface area contributed by atoms with Gasteiger partial charge in [0, 0.05) is 22.6 Å². The van der Waals surface area contributed by atoms with E-state index >= 15 is 4.39 Å². The highest BCUT2D eigenvalue weighted by Gasteiger charge is 2.46. The van der Waals surface area contributed by atoms with Gasteiger partial charge in [-0.25, -0.2) is 15.0 Å². The van der Waals surface area contributed by atoms with Crippen LogP contribution in [0.2, 0.25) is 0 Å². The summed E-state index contributed by atoms with van der Waals surface area (Å²) in [7, 11) is 1.53. The Morgan fingerprint density at radius 2 is 2.13 bits per heavy atom. The fourth-order valence-electron chi connectivity index (χ4n) is 4.91. The second kappa shape index (κ2) is 9.73. The number of fused-ring (bicyclic) bond motifs is 4. The van der Waals surface area contributed by atoms with Gasteiger partial charge in [-0.05, 0) is 54.8 Å². The lowest BCUT2D eigenvalue weighted by Crippen LogP contribution is -2.36. The van der Waals surface area contributed by atoms with E-state index in [0.717, 1.165) is 5.57 Å². The quantitative estimate of drug-likeness (QED) is 0.471. The van der Waals surface area contributed by atoms with E-state index < -0.39 is 11.5 Å². The first-order chi connectivity index (χ1) is 18.5. The van der Waals surface area contributed by atoms with Crippen molar-refractivity contribution < 1.29 is 23.4 Å². The van der Waals surface area contributed by atoms with Gasteiger partial charge in [-0.2, -0.15) is 4.39 Å². The second-order valence-corrected chi connectivity index (χ2v) is 10.1. The van der Waals surface area contributed by atoms with Crippen LogP contribution in [0, 0.1) is 5.95 Å². The minimum absolute atomic E-state index is 0.0385. The Hall–Kier alpha value is -3.96. The van der Waals surface area contributed by atoms with Gasteiger partial charge in [-0.1, -0.05) is 17.8 Å². The van der Waals surface area contributed by atoms with Crippen molar-refractivity contribution in [3.05, 3.63) is 77.1 Å². The van der Waals surface area contributed by atoms with Crippen LogP contribution in [0.1, 0.15) is 40.2 Å². The highest BCUT2D eigenvalue weighted by molar-refractivity contribution is 8.13. The molecular formula is C27H24FN5O4S. The zero-order valence-electron chi connectivity index (χ0n) is 20.5. The van der Waals surface area contributed by atoms with E-state index in [1.54, 1.807) is 30.3 Å². The zero-order chi connectivity index (χ0) is 26.3. The summed E-state index contributed by atoms with van der Waals surface area (Å²) in [6.45, 7) is 0.999. The summed E-state index contributed by atoms with van der Waals surface area (Å²) < 4.78 is 32.0. The number of nitrogens with one attached hydrogen (secondary N) is 1. The van der Waals surface area contributed by atoms with Crippen LogP contribution < -0.4 is 20.5 Å². The number of pyridine rings is 2. The number of ether oxygens (including phenoxy) is 3. The molecule has 1 spiro atoms. The lowest BCUT2D eigenvalue weighted by atomic mass is 9.78. The number of nitrogens with zero attached hydrogens (tertiary/aromatic N) is 3. The number of halogens is 1. The second-order valence-electron chi connectivity index (χ2n) is 8.99. The Kier molecular flexibility index (Phi) is 6.24. The normalized spacial score (nSPS) is 19.9. The van der Waals surface area contributed by atoms with Crippen molar-refractivity contribution in [2.75, 3.05) is 31.4 Å². The number of carbonyl (C=O) groups is 1. The number of benzene rings is 1. The molecule has 9 nitrogen and oxygen atoms in total. The molecule has 0 unspecified atom stereocenters. The lowest BCUT2D eigenvalue weighted by Gasteiger charge is -2.39. The van der Waals surface area contributed by atoms with Gasteiger partial charge in [-0.15, -0.1) is 0 Å². The van der Waals surface area contributed by atoms with Gasteiger partial charge in [0.15, 0.2) is 10.9 Å². The molecule has 38 heavy (non-hydrogen) atoms. The van der Waals surface area contributed by atoms with Gasteiger partial charge in [0.25, 0.3) is 11.9 Å². The first-order valence-corrected chi connectivity index (χ1v) is 13.1. The fourth-order valence-corrected chi connectivity index (χ4v) is 5.73. The third-order valence-corrected chi connectivity index (χ3v) is 7.58. The highest BCUT2D eigenvalue weighted by atomic mass is 32.2. The van der Waals surface area contributed by atoms with Crippen LogP contribution in [-0.2, 0) is 10.3 Å². The van der Waals surface area contributed by atoms with Gasteiger partial charge in [0.1, 0.15) is 22.7 Å². The molecule has 0 saturated heterocycles. The summed E-state index contributed by atoms with van der Waals surface area (Å²) in [5.74, 6) is 0.610. The Balaban J connectivity index is 1.43. The molecule has 0 bridgehead atoms. The molecule has 1 amide bonds. The number of hydrogen-bond donors (Lipinski definition) is 2. The SMILES string of the molecule is COc1ccc(C(=O)Nc2ccc3c(c2)[C@@]2(CCSC(N)=N2)c2cc(C4=CCOCC4)nc(F)c2O3)nc1. The molecule has 0 saturated carbocycles. The molecule has 3 aromatic rings. The molecule has 1 aromatic carbocycles. The summed E-state index contributed by atoms with van der Waals surface area (Å²) in [5, 5.41) is 3.28. The number of thioether (sulfide) groups is 1. The summed E-state index contributed by atoms with van der Waals surface area (Å²) in [5.41, 5.74) is 8.68. The van der Waals surface area contributed by atoms with Crippen molar-refractivity contribution >= 4 is 34.1 Å². The predicted molar refractivity (Wildman–Crippen MR) is 142 cm³/mol. The number of rotatable bonds is 4. The minimum atomic E-state index is -0.998. The first-order valence-electron chi connectivity index (χ1n) is 12.1. The van der Waals surface area contributed by atoms with Crippen LogP contribution in [0.25, 0.3) is 5.57 Å². The average Bonchev–Trinajstić information content (AvgIpc) is 2.94. The molecule has 5 heterocycles. The number of anilines is 1. The molecule has 3 N–H and O–H groups in total. The Labute approximate surface area is 222 Å². The Bertz CT molecular complexity index is 1490. The number of aliphatic imine (C=N–C) groups is 1. The fraction of sp³-hybridized carbons (Fsp3) is 0.259. The van der Waals surface area contributed by atoms with Gasteiger partial charge in [0.05, 0.1) is 32.2 Å². The summed E-state index contributed by atoms with van der Waals surface area (Å²) in [4.78, 5) is 26.1. The van der Waals surface area contributed by atoms with Gasteiger partial charge in [-0.3, -0.25) is 4.79 Å². The van der Waals surface area contributed by atoms with Crippen LogP contribution in [-0.4, -0.2) is 47.1 Å². The van der Waals surface area contributed by atoms with Gasteiger partial charge in [0.2, 0.25) is 0 Å². The monoisotopic (exact) mass is 533 g/mol. The number of aromatic nitrogens is 2. The molecule has 1 atom stereocenters. The van der Waals surface area contributed by atoms with Crippen molar-refractivity contribution in [1.82, 2.24) is 9.97 Å². The van der Waals surface area contributed by atoms with E-state index in [9.17, 15) is 4.79 Å². The van der Waals surface area contributed by atoms with Gasteiger partial charge < -0.3 is 25.3 Å². The molecule has 3 aliphatic rings. The Morgan fingerprint density at radius 3 is 2.87 bits per heavy atom. The number of nitrogens with two attached hydrogens (primary N) is 1. The van der Waals surface area contributed by atoms with Gasteiger partial charge >= 0.3 is 0 Å². The van der Waals surface area contributed by atoms with Crippen LogP contribution in [0.4, 0.5) is 10.1 Å². The summed E-state index contributed by atoms with van der Waals surface area (Å²) in [6.07, 6.45) is 4.58. The lowest BCUT2D eigenvalue weighted by molar-refractivity contribution is 0.102. The molecule has 11 heteroatoms. The van der Waals surface area contributed by atoms with Crippen molar-refractivity contribution in [2.24, 2.45) is 10.7 Å². The maximum absolute atomic E-state index is 15.5. The first kappa shape index (κ1) is 24.4. The van der Waals surface area contributed by atoms with E-state index in [1.807, 2.05) is 12.1 Å². The van der Waals surface area contributed by atoms with Crippen molar-refractivity contribution in [2.45, 2.75) is 18.4 Å². The van der Waals surface area contributed by atoms with E-state index in [1.165, 1.54) is 25.1 Å². The summed E-state index contributed by atoms with van der Waals surface area (Å²) in [6, 6.07) is 10.3. The van der Waals surface area contributed by atoms with Crippen LogP contribution in [0.15, 0.2) is 53.7 Å². The van der Waals surface area contributed by atoms with Crippen molar-refractivity contribution in [3.63, 3.8) is 0 Å².